The topological polar surface area (TPSA) is 65.2 Å². The standard InChI is InChI=1S/C9H9F3N2O2/c1-16-9(15)6-2-5(10)4(3-13)7(14-6)8(11)12/h2,8H,3,13H2,1H3. The fourth-order valence-corrected chi connectivity index (χ4v) is 1.15. The molecule has 0 saturated carbocycles. The van der Waals surface area contributed by atoms with Crippen LogP contribution in [0.25, 0.3) is 0 Å². The number of esters is 1. The number of rotatable bonds is 3. The summed E-state index contributed by atoms with van der Waals surface area (Å²) in [4.78, 5) is 14.3. The largest absolute Gasteiger partial charge is 0.464 e. The van der Waals surface area contributed by atoms with Crippen molar-refractivity contribution in [3.63, 3.8) is 0 Å². The second-order valence-electron chi connectivity index (χ2n) is 2.85. The minimum Gasteiger partial charge on any atom is -0.464 e. The van der Waals surface area contributed by atoms with E-state index in [1.54, 1.807) is 0 Å². The van der Waals surface area contributed by atoms with Crippen molar-refractivity contribution in [3.8, 4) is 0 Å². The second-order valence-corrected chi connectivity index (χ2v) is 2.85. The number of halogens is 3. The van der Waals surface area contributed by atoms with Crippen LogP contribution >= 0.6 is 0 Å². The lowest BCUT2D eigenvalue weighted by Gasteiger charge is -2.09. The van der Waals surface area contributed by atoms with Crippen molar-refractivity contribution >= 4 is 5.97 Å². The number of nitrogens with two attached hydrogens (primary N) is 1. The highest BCUT2D eigenvalue weighted by Gasteiger charge is 2.21. The number of carbonyl (C=O) groups is 1. The quantitative estimate of drug-likeness (QED) is 0.803. The average Bonchev–Trinajstić information content (AvgIpc) is 2.26. The summed E-state index contributed by atoms with van der Waals surface area (Å²) >= 11 is 0. The highest BCUT2D eigenvalue weighted by Crippen LogP contribution is 2.23. The van der Waals surface area contributed by atoms with E-state index in [1.165, 1.54) is 0 Å². The number of ether oxygens (including phenoxy) is 1. The van der Waals surface area contributed by atoms with E-state index < -0.39 is 41.7 Å². The van der Waals surface area contributed by atoms with Crippen LogP contribution in [0, 0.1) is 5.82 Å². The van der Waals surface area contributed by atoms with Gasteiger partial charge in [0.2, 0.25) is 0 Å². The van der Waals surface area contributed by atoms with Gasteiger partial charge in [0, 0.05) is 18.2 Å². The summed E-state index contributed by atoms with van der Waals surface area (Å²) in [6, 6.07) is 0.722. The summed E-state index contributed by atoms with van der Waals surface area (Å²) in [6.07, 6.45) is -3.00. The van der Waals surface area contributed by atoms with Crippen molar-refractivity contribution in [1.82, 2.24) is 4.98 Å². The molecule has 2 N–H and O–H groups in total. The number of carbonyl (C=O) groups excluding carboxylic acids is 1. The molecule has 0 aromatic carbocycles. The Balaban J connectivity index is 3.33. The molecule has 0 fully saturated rings. The van der Waals surface area contributed by atoms with Crippen molar-refractivity contribution in [2.45, 2.75) is 13.0 Å². The molecular weight excluding hydrogens is 225 g/mol. The molecule has 1 heterocycles. The van der Waals surface area contributed by atoms with Crippen LogP contribution < -0.4 is 5.73 Å². The van der Waals surface area contributed by atoms with Crippen LogP contribution in [-0.2, 0) is 11.3 Å². The molecule has 0 aliphatic heterocycles. The Bertz CT molecular complexity index is 410. The van der Waals surface area contributed by atoms with Crippen LogP contribution in [0.3, 0.4) is 0 Å². The van der Waals surface area contributed by atoms with Gasteiger partial charge in [0.1, 0.15) is 11.5 Å². The molecule has 88 valence electrons. The Kier molecular flexibility index (Phi) is 3.83. The molecule has 16 heavy (non-hydrogen) atoms. The molecule has 0 unspecified atom stereocenters. The number of hydrogen-bond acceptors (Lipinski definition) is 4. The third-order valence-electron chi connectivity index (χ3n) is 1.91. The van der Waals surface area contributed by atoms with Crippen LogP contribution in [0.15, 0.2) is 6.07 Å². The Morgan fingerprint density at radius 1 is 1.62 bits per heavy atom. The molecule has 7 heteroatoms. The van der Waals surface area contributed by atoms with E-state index in [9.17, 15) is 18.0 Å². The molecule has 0 aliphatic carbocycles. The first-order valence-corrected chi connectivity index (χ1v) is 4.27. The maximum absolute atomic E-state index is 13.3. The van der Waals surface area contributed by atoms with Crippen molar-refractivity contribution in [2.24, 2.45) is 5.73 Å². The predicted molar refractivity (Wildman–Crippen MR) is 48.4 cm³/mol. The Labute approximate surface area is 89.2 Å². The van der Waals surface area contributed by atoms with Gasteiger partial charge in [-0.2, -0.15) is 0 Å². The van der Waals surface area contributed by atoms with Gasteiger partial charge < -0.3 is 10.5 Å². The summed E-state index contributed by atoms with van der Waals surface area (Å²) < 4.78 is 42.6. The fraction of sp³-hybridized carbons (Fsp3) is 0.333. The predicted octanol–water partition coefficient (Wildman–Crippen LogP) is 1.40. The van der Waals surface area contributed by atoms with Gasteiger partial charge in [-0.3, -0.25) is 0 Å². The fourth-order valence-electron chi connectivity index (χ4n) is 1.15. The molecule has 0 saturated heterocycles. The van der Waals surface area contributed by atoms with Crippen LogP contribution in [0.4, 0.5) is 13.2 Å². The van der Waals surface area contributed by atoms with E-state index in [4.69, 9.17) is 5.73 Å². The lowest BCUT2D eigenvalue weighted by molar-refractivity contribution is 0.0591. The average molecular weight is 234 g/mol. The van der Waals surface area contributed by atoms with Gasteiger partial charge >= 0.3 is 5.97 Å². The number of nitrogens with zero attached hydrogens (tertiary/aromatic N) is 1. The minimum absolute atomic E-state index is 0.400. The van der Waals surface area contributed by atoms with E-state index >= 15 is 0 Å². The highest BCUT2D eigenvalue weighted by molar-refractivity contribution is 5.87. The van der Waals surface area contributed by atoms with Crippen LogP contribution in [0.1, 0.15) is 28.2 Å². The van der Waals surface area contributed by atoms with E-state index in [0.29, 0.717) is 0 Å². The van der Waals surface area contributed by atoms with E-state index in [0.717, 1.165) is 13.2 Å². The first-order chi connectivity index (χ1) is 7.51. The van der Waals surface area contributed by atoms with Gasteiger partial charge in [0.05, 0.1) is 7.11 Å². The zero-order valence-electron chi connectivity index (χ0n) is 8.34. The highest BCUT2D eigenvalue weighted by atomic mass is 19.3. The zero-order valence-corrected chi connectivity index (χ0v) is 8.34. The Morgan fingerprint density at radius 3 is 2.69 bits per heavy atom. The van der Waals surface area contributed by atoms with Crippen molar-refractivity contribution in [2.75, 3.05) is 7.11 Å². The van der Waals surface area contributed by atoms with Crippen molar-refractivity contribution < 1.29 is 22.7 Å². The molecule has 0 atom stereocenters. The number of hydrogen-bond donors (Lipinski definition) is 1. The van der Waals surface area contributed by atoms with Gasteiger partial charge in [-0.25, -0.2) is 22.9 Å². The number of alkyl halides is 2. The first kappa shape index (κ1) is 12.4. The summed E-state index contributed by atoms with van der Waals surface area (Å²) in [6.45, 7) is -0.417. The van der Waals surface area contributed by atoms with E-state index in [-0.39, 0.29) is 0 Å². The minimum atomic E-state index is -3.00. The summed E-state index contributed by atoms with van der Waals surface area (Å²) in [5.41, 5.74) is 3.38. The Hall–Kier alpha value is -1.63. The number of aromatic nitrogens is 1. The molecule has 1 aromatic rings. The molecule has 0 aliphatic rings. The normalized spacial score (nSPS) is 10.6. The van der Waals surface area contributed by atoms with Gasteiger partial charge in [0.15, 0.2) is 5.69 Å². The van der Waals surface area contributed by atoms with Crippen LogP contribution in [0.5, 0.6) is 0 Å². The number of methoxy groups -OCH3 is 1. The maximum atomic E-state index is 13.3. The molecule has 0 radical (unpaired) electrons. The molecule has 0 bridgehead atoms. The lowest BCUT2D eigenvalue weighted by Crippen LogP contribution is -2.13. The maximum Gasteiger partial charge on any atom is 0.356 e. The van der Waals surface area contributed by atoms with Crippen molar-refractivity contribution in [3.05, 3.63) is 28.8 Å². The molecule has 4 nitrogen and oxygen atoms in total. The molecule has 0 spiro atoms. The van der Waals surface area contributed by atoms with Crippen LogP contribution in [-0.4, -0.2) is 18.1 Å². The second kappa shape index (κ2) is 4.93. The zero-order chi connectivity index (χ0) is 12.3. The molecular formula is C9H9F3N2O2. The third-order valence-corrected chi connectivity index (χ3v) is 1.91. The SMILES string of the molecule is COC(=O)c1cc(F)c(CN)c(C(F)F)n1. The van der Waals surface area contributed by atoms with Gasteiger partial charge in [0.25, 0.3) is 6.43 Å². The summed E-state index contributed by atoms with van der Waals surface area (Å²) in [7, 11) is 1.04. The van der Waals surface area contributed by atoms with Gasteiger partial charge in [-0.05, 0) is 0 Å². The third kappa shape index (κ3) is 2.30. The molecule has 1 rings (SSSR count). The number of pyridine rings is 1. The van der Waals surface area contributed by atoms with Crippen molar-refractivity contribution in [1.29, 1.82) is 0 Å². The smallest absolute Gasteiger partial charge is 0.356 e. The lowest BCUT2D eigenvalue weighted by atomic mass is 10.1. The Morgan fingerprint density at radius 2 is 2.25 bits per heavy atom. The van der Waals surface area contributed by atoms with Gasteiger partial charge in [-0.15, -0.1) is 0 Å². The van der Waals surface area contributed by atoms with E-state index in [1.807, 2.05) is 0 Å². The first-order valence-electron chi connectivity index (χ1n) is 4.27. The summed E-state index contributed by atoms with van der Waals surface area (Å²) in [5.74, 6) is -1.97. The van der Waals surface area contributed by atoms with E-state index in [2.05, 4.69) is 9.72 Å². The van der Waals surface area contributed by atoms with Gasteiger partial charge in [-0.1, -0.05) is 0 Å². The molecule has 1 aromatic heterocycles. The van der Waals surface area contributed by atoms with Crippen LogP contribution in [0.2, 0.25) is 0 Å². The summed E-state index contributed by atoms with van der Waals surface area (Å²) in [5, 5.41) is 0. The molecule has 0 amide bonds. The monoisotopic (exact) mass is 234 g/mol.